The maximum absolute atomic E-state index is 13.5. The van der Waals surface area contributed by atoms with Gasteiger partial charge >= 0.3 is 11.7 Å². The number of aromatic nitrogens is 3. The maximum Gasteiger partial charge on any atom is 0.332 e. The molecule has 0 spiro atoms. The molecule has 8 heteroatoms. The first-order valence-electron chi connectivity index (χ1n) is 10.5. The molecule has 0 aliphatic carbocycles. The number of carboxylic acids is 1. The Hall–Kier alpha value is -3.81. The highest BCUT2D eigenvalue weighted by molar-refractivity contribution is 5.84. The molecule has 8 nitrogen and oxygen atoms in total. The molecule has 0 radical (unpaired) electrons. The first kappa shape index (κ1) is 21.4. The maximum atomic E-state index is 13.5. The fourth-order valence-corrected chi connectivity index (χ4v) is 3.93. The van der Waals surface area contributed by atoms with Crippen molar-refractivity contribution >= 4 is 27.8 Å². The van der Waals surface area contributed by atoms with E-state index in [0.717, 1.165) is 25.6 Å². The van der Waals surface area contributed by atoms with Crippen LogP contribution in [0.3, 0.4) is 0 Å². The van der Waals surface area contributed by atoms with Crippen LogP contribution in [0.25, 0.3) is 21.8 Å². The van der Waals surface area contributed by atoms with Gasteiger partial charge in [-0.3, -0.25) is 18.7 Å². The Kier molecular flexibility index (Phi) is 5.61. The second-order valence-electron chi connectivity index (χ2n) is 8.29. The van der Waals surface area contributed by atoms with Crippen LogP contribution in [0.1, 0.15) is 32.4 Å². The van der Waals surface area contributed by atoms with E-state index in [1.165, 1.54) is 0 Å². The number of nitrogens with zero attached hydrogens (tertiary/aromatic N) is 2. The summed E-state index contributed by atoms with van der Waals surface area (Å²) in [5, 5.41) is 10.5. The molecule has 0 aliphatic rings. The zero-order valence-electron chi connectivity index (χ0n) is 18.2. The molecule has 0 fully saturated rings. The van der Waals surface area contributed by atoms with Gasteiger partial charge in [-0.15, -0.1) is 0 Å². The number of benzene rings is 2. The molecule has 4 aromatic rings. The third kappa shape index (κ3) is 3.79. The Morgan fingerprint density at radius 1 is 1.09 bits per heavy atom. The molecule has 1 atom stereocenters. The van der Waals surface area contributed by atoms with E-state index in [-0.39, 0.29) is 10.9 Å². The summed E-state index contributed by atoms with van der Waals surface area (Å²) in [6, 6.07) is 11.8. The predicted octanol–water partition coefficient (Wildman–Crippen LogP) is 3.37. The molecule has 2 N–H and O–H groups in total. The first-order valence-corrected chi connectivity index (χ1v) is 10.5. The van der Waals surface area contributed by atoms with Crippen LogP contribution in [0, 0.1) is 5.92 Å². The lowest BCUT2D eigenvalue weighted by molar-refractivity contribution is -0.137. The van der Waals surface area contributed by atoms with Crippen LogP contribution in [0.4, 0.5) is 0 Å². The second-order valence-corrected chi connectivity index (χ2v) is 8.29. The van der Waals surface area contributed by atoms with E-state index in [1.54, 1.807) is 31.3 Å². The van der Waals surface area contributed by atoms with Crippen LogP contribution < -0.4 is 16.0 Å². The molecule has 0 amide bonds. The SMILES string of the molecule is CC(C)COc1ccc2c(c1)c(=O)n(C(C)c1c[nH]c3ccccc13)c(=O)n2CC(=O)O. The van der Waals surface area contributed by atoms with Gasteiger partial charge in [0, 0.05) is 22.7 Å². The van der Waals surface area contributed by atoms with Gasteiger partial charge in [-0.05, 0) is 37.1 Å². The quantitative estimate of drug-likeness (QED) is 0.463. The zero-order chi connectivity index (χ0) is 23.0. The topological polar surface area (TPSA) is 106 Å². The average Bonchev–Trinajstić information content (AvgIpc) is 3.19. The van der Waals surface area contributed by atoms with Gasteiger partial charge in [0.1, 0.15) is 12.3 Å². The molecule has 2 heterocycles. The highest BCUT2D eigenvalue weighted by Crippen LogP contribution is 2.26. The summed E-state index contributed by atoms with van der Waals surface area (Å²) >= 11 is 0. The highest BCUT2D eigenvalue weighted by Gasteiger charge is 2.22. The molecule has 4 rings (SSSR count). The van der Waals surface area contributed by atoms with Crippen molar-refractivity contribution in [1.82, 2.24) is 14.1 Å². The number of fused-ring (bicyclic) bond motifs is 2. The van der Waals surface area contributed by atoms with Crippen LogP contribution in [-0.4, -0.2) is 31.8 Å². The number of H-pyrrole nitrogens is 1. The largest absolute Gasteiger partial charge is 0.493 e. The summed E-state index contributed by atoms with van der Waals surface area (Å²) < 4.78 is 7.99. The van der Waals surface area contributed by atoms with Gasteiger partial charge < -0.3 is 14.8 Å². The number of para-hydroxylation sites is 1. The van der Waals surface area contributed by atoms with Crippen molar-refractivity contribution in [2.75, 3.05) is 6.61 Å². The number of aliphatic carboxylic acids is 1. The summed E-state index contributed by atoms with van der Waals surface area (Å²) in [6.07, 6.45) is 1.77. The molecule has 2 aromatic carbocycles. The van der Waals surface area contributed by atoms with Crippen molar-refractivity contribution in [3.63, 3.8) is 0 Å². The predicted molar refractivity (Wildman–Crippen MR) is 123 cm³/mol. The summed E-state index contributed by atoms with van der Waals surface area (Å²) in [6.45, 7) is 5.71. The van der Waals surface area contributed by atoms with Crippen molar-refractivity contribution in [3.05, 3.63) is 75.1 Å². The number of hydrogen-bond acceptors (Lipinski definition) is 4. The first-order chi connectivity index (χ1) is 15.3. The Morgan fingerprint density at radius 3 is 2.56 bits per heavy atom. The number of rotatable bonds is 7. The van der Waals surface area contributed by atoms with E-state index < -0.39 is 29.8 Å². The lowest BCUT2D eigenvalue weighted by atomic mass is 10.1. The Balaban J connectivity index is 1.95. The minimum Gasteiger partial charge on any atom is -0.493 e. The van der Waals surface area contributed by atoms with Gasteiger partial charge in [0.15, 0.2) is 0 Å². The van der Waals surface area contributed by atoms with Crippen LogP contribution >= 0.6 is 0 Å². The summed E-state index contributed by atoms with van der Waals surface area (Å²) in [7, 11) is 0. The molecule has 0 aliphatic heterocycles. The van der Waals surface area contributed by atoms with Gasteiger partial charge in [0.05, 0.1) is 23.6 Å². The number of carbonyl (C=O) groups is 1. The lowest BCUT2D eigenvalue weighted by Gasteiger charge is -2.18. The van der Waals surface area contributed by atoms with Gasteiger partial charge in [-0.2, -0.15) is 0 Å². The van der Waals surface area contributed by atoms with Crippen LogP contribution in [0.15, 0.2) is 58.3 Å². The van der Waals surface area contributed by atoms with Crippen molar-refractivity contribution in [2.45, 2.75) is 33.4 Å². The normalized spacial score (nSPS) is 12.5. The van der Waals surface area contributed by atoms with E-state index in [1.807, 2.05) is 38.1 Å². The summed E-state index contributed by atoms with van der Waals surface area (Å²) in [5.41, 5.74) is 0.770. The van der Waals surface area contributed by atoms with Crippen LogP contribution in [-0.2, 0) is 11.3 Å². The number of carboxylic acid groups (broad SMARTS) is 1. The Morgan fingerprint density at radius 2 is 1.84 bits per heavy atom. The van der Waals surface area contributed by atoms with E-state index in [4.69, 9.17) is 4.74 Å². The molecule has 0 bridgehead atoms. The standard InChI is InChI=1S/C24H25N3O5/c1-14(2)13-32-16-8-9-21-18(10-16)23(30)27(24(31)26(21)12-22(28)29)15(3)19-11-25-20-7-5-4-6-17(19)20/h4-11,14-15,25H,12-13H2,1-3H3,(H,28,29). The number of aromatic amines is 1. The van der Waals surface area contributed by atoms with Crippen molar-refractivity contribution in [2.24, 2.45) is 5.92 Å². The fourth-order valence-electron chi connectivity index (χ4n) is 3.93. The number of ether oxygens (including phenoxy) is 1. The van der Waals surface area contributed by atoms with E-state index >= 15 is 0 Å². The molecule has 32 heavy (non-hydrogen) atoms. The van der Waals surface area contributed by atoms with Gasteiger partial charge in [0.25, 0.3) is 5.56 Å². The minimum atomic E-state index is -1.17. The Bertz CT molecular complexity index is 1430. The summed E-state index contributed by atoms with van der Waals surface area (Å²) in [4.78, 5) is 41.5. The molecular weight excluding hydrogens is 410 g/mol. The number of hydrogen-bond donors (Lipinski definition) is 2. The van der Waals surface area contributed by atoms with Gasteiger partial charge in [0.2, 0.25) is 0 Å². The van der Waals surface area contributed by atoms with E-state index in [9.17, 15) is 19.5 Å². The average molecular weight is 435 g/mol. The van der Waals surface area contributed by atoms with Gasteiger partial charge in [-0.1, -0.05) is 32.0 Å². The zero-order valence-corrected chi connectivity index (χ0v) is 18.2. The molecular formula is C24H25N3O5. The van der Waals surface area contributed by atoms with Gasteiger partial charge in [-0.25, -0.2) is 4.79 Å². The molecule has 2 aromatic heterocycles. The van der Waals surface area contributed by atoms with Crippen molar-refractivity contribution in [3.8, 4) is 5.75 Å². The highest BCUT2D eigenvalue weighted by atomic mass is 16.5. The summed E-state index contributed by atoms with van der Waals surface area (Å²) in [5.74, 6) is -0.376. The van der Waals surface area contributed by atoms with Crippen LogP contribution in [0.5, 0.6) is 5.75 Å². The monoisotopic (exact) mass is 435 g/mol. The van der Waals surface area contributed by atoms with Crippen molar-refractivity contribution in [1.29, 1.82) is 0 Å². The third-order valence-electron chi connectivity index (χ3n) is 5.48. The third-order valence-corrected chi connectivity index (χ3v) is 5.48. The van der Waals surface area contributed by atoms with E-state index in [0.29, 0.717) is 18.3 Å². The van der Waals surface area contributed by atoms with Crippen LogP contribution in [0.2, 0.25) is 0 Å². The Labute approximate surface area is 183 Å². The number of nitrogens with one attached hydrogen (secondary N) is 1. The van der Waals surface area contributed by atoms with E-state index in [2.05, 4.69) is 4.98 Å². The smallest absolute Gasteiger partial charge is 0.332 e. The molecule has 1 unspecified atom stereocenters. The molecule has 0 saturated carbocycles. The minimum absolute atomic E-state index is 0.235. The second kappa shape index (κ2) is 8.37. The molecule has 166 valence electrons. The van der Waals surface area contributed by atoms with Crippen molar-refractivity contribution < 1.29 is 14.6 Å². The fraction of sp³-hybridized carbons (Fsp3) is 0.292. The molecule has 0 saturated heterocycles. The lowest BCUT2D eigenvalue weighted by Crippen LogP contribution is -2.42.